The maximum atomic E-state index is 13.4. The van der Waals surface area contributed by atoms with E-state index in [1.807, 2.05) is 76.2 Å². The molecule has 6 aliphatic rings. The SMILES string of the molecule is C.CC1CC2(CCN1C(=O)OC(C)(C)C)OC(c1cc(Cl)cc[n+]1[O-])c1ccccc12.CC1CC2(CCN1S(=O)(=O)c1ccc(OC(F)(F)F)cc1)OC(c1cc(Cl)cc[n+]1[O-])c1ccccc12.CC1CCCC2(C1)OC(c1cc(Cl)cc[n+]1[O-])c1ccccc12.ClCCl.O=S(=O)(Cl)c1ccc(OC(F)(F)F)cc1. The van der Waals surface area contributed by atoms with Crippen LogP contribution in [0.15, 0.2) is 186 Å². The maximum absolute atomic E-state index is 13.4. The monoisotopic (exact) mass is 1670 g/mol. The Morgan fingerprint density at radius 3 is 1.25 bits per heavy atom. The summed E-state index contributed by atoms with van der Waals surface area (Å²) in [5, 5.41) is 39.0. The van der Waals surface area contributed by atoms with Gasteiger partial charge < -0.3 is 48.9 Å². The number of fused-ring (bicyclic) bond motifs is 6. The van der Waals surface area contributed by atoms with Crippen molar-refractivity contribution in [3.63, 3.8) is 0 Å². The van der Waals surface area contributed by atoms with Crippen molar-refractivity contribution in [3.8, 4) is 11.5 Å². The fraction of sp³-hybridized carbons (Fsp3) is 0.395. The number of piperidine rings is 2. The quantitative estimate of drug-likeness (QED) is 0.0453. The lowest BCUT2D eigenvalue weighted by molar-refractivity contribution is -0.618. The second-order valence-corrected chi connectivity index (χ2v) is 34.3. The summed E-state index contributed by atoms with van der Waals surface area (Å²) in [6.45, 7) is 12.3. The molecule has 8 heterocycles. The summed E-state index contributed by atoms with van der Waals surface area (Å²) in [4.78, 5) is 14.0. The third kappa shape index (κ3) is 20.2. The van der Waals surface area contributed by atoms with E-state index in [9.17, 15) is 63.6 Å². The van der Waals surface area contributed by atoms with Gasteiger partial charge >= 0.3 is 18.8 Å². The molecule has 1 aliphatic carbocycles. The molecule has 14 rings (SSSR count). The highest BCUT2D eigenvalue weighted by atomic mass is 35.7. The smallest absolute Gasteiger partial charge is 0.573 e. The first-order valence-electron chi connectivity index (χ1n) is 34.0. The van der Waals surface area contributed by atoms with E-state index >= 15 is 0 Å². The number of alkyl halides is 8. The minimum Gasteiger partial charge on any atom is -0.618 e. The lowest BCUT2D eigenvalue weighted by Crippen LogP contribution is -2.51. The molecule has 33 heteroatoms. The zero-order chi connectivity index (χ0) is 78.7. The number of likely N-dealkylation sites (tertiary alicyclic amines) is 1. The number of nitrogens with zero attached hydrogens (tertiary/aromatic N) is 5. The minimum absolute atomic E-state index is 0. The summed E-state index contributed by atoms with van der Waals surface area (Å²) < 4.78 is 157. The van der Waals surface area contributed by atoms with Gasteiger partial charge in [0.25, 0.3) is 9.05 Å². The van der Waals surface area contributed by atoms with Crippen LogP contribution >= 0.6 is 68.7 Å². The van der Waals surface area contributed by atoms with E-state index in [1.165, 1.54) is 40.9 Å². The van der Waals surface area contributed by atoms with Crippen LogP contribution < -0.4 is 23.7 Å². The van der Waals surface area contributed by atoms with Crippen molar-refractivity contribution in [2.75, 3.05) is 18.4 Å². The molecule has 2 saturated heterocycles. The molecule has 0 radical (unpaired) electrons. The van der Waals surface area contributed by atoms with Gasteiger partial charge in [0.15, 0.2) is 36.9 Å². The van der Waals surface area contributed by atoms with E-state index in [4.69, 9.17) is 87.6 Å². The lowest BCUT2D eigenvalue weighted by Gasteiger charge is -2.43. The molecule has 0 bridgehead atoms. The van der Waals surface area contributed by atoms with E-state index in [-0.39, 0.29) is 52.9 Å². The van der Waals surface area contributed by atoms with Gasteiger partial charge in [0.05, 0.1) is 47.0 Å². The summed E-state index contributed by atoms with van der Waals surface area (Å²) in [6, 6.07) is 40.6. The molecule has 5 aliphatic heterocycles. The summed E-state index contributed by atoms with van der Waals surface area (Å²) >= 11 is 28.0. The second-order valence-electron chi connectivity index (χ2n) is 27.7. The van der Waals surface area contributed by atoms with Gasteiger partial charge in [-0.15, -0.1) is 49.5 Å². The lowest BCUT2D eigenvalue weighted by atomic mass is 9.75. The van der Waals surface area contributed by atoms with Crippen molar-refractivity contribution in [1.82, 2.24) is 9.21 Å². The first-order chi connectivity index (χ1) is 50.7. The van der Waals surface area contributed by atoms with E-state index in [0.29, 0.717) is 75.0 Å². The number of benzene rings is 5. The average molecular weight is 1680 g/mol. The standard InChI is InChI=1S/C25H22ClF3N2O5S.C23H27ClN2O4.C19H20ClNO2.C7H4ClF3O3S.CH2Cl2.CH4/c1-16-15-24(11-13-31(16)37(33,34)19-8-6-18(7-9-19)35-25(27,28)29)21-5-3-2-4-20(21)23(36-24)22-14-17(26)10-12-30(22)32;1-15-14-23(10-12-25(15)21(27)30-22(2,3)4)18-8-6-5-7-17(18)20(29-23)19-13-16(24)9-11-26(19)28;1-13-5-4-9-19(12-13)16-7-3-2-6-15(16)18(23-19)17-11-14(20)8-10-21(17)22;8-15(12,13)6-3-1-5(2-4-6)14-7(9,10)11;2-1-3;/h2-10,12,14,16,23H,11,13,15H2,1H3;5-9,11,13,15,20H,10,12,14H2,1-4H3;2-3,6-8,10-11,13,18H,4-5,9,12H2,1H3;1-4H;1H2;1H4. The fourth-order valence-electron chi connectivity index (χ4n) is 14.8. The summed E-state index contributed by atoms with van der Waals surface area (Å²) in [7, 11) is -2.98. The number of pyridine rings is 3. The van der Waals surface area contributed by atoms with Crippen LogP contribution in [0.4, 0.5) is 31.1 Å². The molecule has 588 valence electrons. The van der Waals surface area contributed by atoms with Crippen LogP contribution in [-0.2, 0) is 54.8 Å². The molecule has 8 aromatic rings. The summed E-state index contributed by atoms with van der Waals surface area (Å²) in [6.07, 6.45) is -0.998. The third-order valence-electron chi connectivity index (χ3n) is 19.1. The molecular weight excluding hydrogens is 1600 g/mol. The van der Waals surface area contributed by atoms with E-state index in [2.05, 4.69) is 40.7 Å². The Hall–Kier alpha value is -7.12. The highest BCUT2D eigenvalue weighted by Crippen LogP contribution is 2.56. The first-order valence-corrected chi connectivity index (χ1v) is 39.9. The van der Waals surface area contributed by atoms with Gasteiger partial charge in [0.1, 0.15) is 17.1 Å². The Morgan fingerprint density at radius 1 is 0.541 bits per heavy atom. The van der Waals surface area contributed by atoms with Gasteiger partial charge in [-0.3, -0.25) is 0 Å². The third-order valence-corrected chi connectivity index (χ3v) is 23.2. The number of ether oxygens (including phenoxy) is 6. The maximum Gasteiger partial charge on any atom is 0.573 e. The molecule has 0 N–H and O–H groups in total. The molecule has 1 saturated carbocycles. The molecule has 9 atom stereocenters. The summed E-state index contributed by atoms with van der Waals surface area (Å²) in [5.74, 6) is -0.378. The van der Waals surface area contributed by atoms with Crippen molar-refractivity contribution >= 4 is 93.9 Å². The van der Waals surface area contributed by atoms with Crippen molar-refractivity contribution in [2.45, 2.75) is 176 Å². The van der Waals surface area contributed by atoms with Crippen LogP contribution in [0.3, 0.4) is 0 Å². The molecule has 19 nitrogen and oxygen atoms in total. The molecule has 9 unspecified atom stereocenters. The molecule has 1 amide bonds. The molecular formula is C76H79Cl6F6N5O14S2. The Kier molecular flexibility index (Phi) is 27.2. The topological polar surface area (TPSA) is 228 Å². The Balaban J connectivity index is 0.000000172. The zero-order valence-corrected chi connectivity index (χ0v) is 65.0. The Morgan fingerprint density at radius 2 is 0.899 bits per heavy atom. The van der Waals surface area contributed by atoms with Crippen LogP contribution in [0.5, 0.6) is 11.5 Å². The largest absolute Gasteiger partial charge is 0.618 e. The first kappa shape index (κ1) is 85.9. The molecule has 5 aromatic carbocycles. The number of sulfonamides is 1. The Labute approximate surface area is 658 Å². The fourth-order valence-corrected chi connectivity index (χ4v) is 17.7. The molecule has 3 fully saturated rings. The van der Waals surface area contributed by atoms with Gasteiger partial charge in [0.2, 0.25) is 27.1 Å². The van der Waals surface area contributed by atoms with Crippen LogP contribution in [-0.4, -0.2) is 81.0 Å². The van der Waals surface area contributed by atoms with Crippen molar-refractivity contribution < 1.29 is 90.6 Å². The highest BCUT2D eigenvalue weighted by Gasteiger charge is 2.55. The summed E-state index contributed by atoms with van der Waals surface area (Å²) in [5.41, 5.74) is 5.29. The number of hydrogen-bond acceptors (Lipinski definition) is 14. The highest BCUT2D eigenvalue weighted by molar-refractivity contribution is 8.13. The van der Waals surface area contributed by atoms with E-state index in [1.54, 1.807) is 42.2 Å². The van der Waals surface area contributed by atoms with Gasteiger partial charge in [0, 0.05) is 78.7 Å². The average Bonchev–Trinajstić information content (AvgIpc) is 1.60. The number of aromatic nitrogens is 3. The second kappa shape index (κ2) is 34.5. The van der Waals surface area contributed by atoms with E-state index < -0.39 is 78.4 Å². The number of hydrogen-bond donors (Lipinski definition) is 0. The predicted molar refractivity (Wildman–Crippen MR) is 399 cm³/mol. The molecule has 109 heavy (non-hydrogen) atoms. The molecule has 3 aromatic heterocycles. The number of rotatable bonds is 8. The van der Waals surface area contributed by atoms with Gasteiger partial charge in [-0.05, 0) is 161 Å². The number of amides is 1. The van der Waals surface area contributed by atoms with Crippen molar-refractivity contribution in [2.24, 2.45) is 5.92 Å². The zero-order valence-electron chi connectivity index (χ0n) is 58.8. The number of carbonyl (C=O) groups is 1. The predicted octanol–water partition coefficient (Wildman–Crippen LogP) is 18.8. The Bertz CT molecular complexity index is 4770. The minimum atomic E-state index is -4.87. The van der Waals surface area contributed by atoms with Crippen molar-refractivity contribution in [1.29, 1.82) is 0 Å². The van der Waals surface area contributed by atoms with Crippen LogP contribution in [0, 0.1) is 21.5 Å². The van der Waals surface area contributed by atoms with Gasteiger partial charge in [-0.25, -0.2) is 21.6 Å². The normalized spacial score (nSPS) is 23.5. The number of carbonyl (C=O) groups excluding carboxylic acids is 1. The van der Waals surface area contributed by atoms with Crippen LogP contribution in [0.1, 0.15) is 169 Å². The van der Waals surface area contributed by atoms with Crippen LogP contribution in [0.25, 0.3) is 0 Å². The van der Waals surface area contributed by atoms with Crippen LogP contribution in [0.2, 0.25) is 15.1 Å². The van der Waals surface area contributed by atoms with Gasteiger partial charge in [-0.2, -0.15) is 18.5 Å². The van der Waals surface area contributed by atoms with Gasteiger partial charge in [-0.1, -0.05) is 128 Å². The number of halogens is 12. The van der Waals surface area contributed by atoms with Crippen molar-refractivity contribution in [3.05, 3.63) is 257 Å². The molecule has 3 spiro atoms. The van der Waals surface area contributed by atoms with E-state index in [0.717, 1.165) is 105 Å².